The number of benzene rings is 1. The number of aromatic nitrogens is 3. The number of nitrogens with zero attached hydrogens (tertiary/aromatic N) is 4. The summed E-state index contributed by atoms with van der Waals surface area (Å²) >= 11 is 17.0. The molecule has 0 unspecified atom stereocenters. The summed E-state index contributed by atoms with van der Waals surface area (Å²) in [6, 6.07) is 12.7. The molecule has 34 heavy (non-hydrogen) atoms. The number of piperidine rings is 1. The number of fused-ring (bicyclic) bond motifs is 1. The summed E-state index contributed by atoms with van der Waals surface area (Å²) in [7, 11) is -3.49. The average molecular weight is 601 g/mol. The molecule has 12 heteroatoms. The van der Waals surface area contributed by atoms with E-state index in [0.717, 1.165) is 45.7 Å². The third-order valence-corrected chi connectivity index (χ3v) is 10.4. The summed E-state index contributed by atoms with van der Waals surface area (Å²) in [6.45, 7) is 1.65. The van der Waals surface area contributed by atoms with Crippen LogP contribution >= 0.6 is 50.5 Å². The quantitative estimate of drug-likeness (QED) is 0.292. The minimum atomic E-state index is -3.49. The maximum absolute atomic E-state index is 12.9. The van der Waals surface area contributed by atoms with Crippen molar-refractivity contribution >= 4 is 72.0 Å². The summed E-state index contributed by atoms with van der Waals surface area (Å²) in [4.78, 5) is 4.74. The zero-order valence-corrected chi connectivity index (χ0v) is 22.5. The molecule has 1 saturated heterocycles. The summed E-state index contributed by atoms with van der Waals surface area (Å²) in [5.74, 6) is 1.12. The number of halogens is 3. The van der Waals surface area contributed by atoms with Crippen molar-refractivity contribution in [2.24, 2.45) is 5.92 Å². The molecule has 1 aromatic carbocycles. The second-order valence-electron chi connectivity index (χ2n) is 8.02. The molecule has 178 valence electrons. The lowest BCUT2D eigenvalue weighted by molar-refractivity contribution is 0.282. The van der Waals surface area contributed by atoms with Gasteiger partial charge in [0, 0.05) is 36.3 Å². The first kappa shape index (κ1) is 24.0. The van der Waals surface area contributed by atoms with Crippen LogP contribution in [0.25, 0.3) is 16.9 Å². The molecule has 0 spiro atoms. The molecule has 0 aliphatic carbocycles. The highest BCUT2D eigenvalue weighted by Gasteiger charge is 2.30. The van der Waals surface area contributed by atoms with Gasteiger partial charge in [-0.1, -0.05) is 41.4 Å². The molecule has 1 N–H and O–H groups in total. The average Bonchev–Trinajstić information content (AvgIpc) is 3.44. The van der Waals surface area contributed by atoms with E-state index in [1.165, 1.54) is 0 Å². The fourth-order valence-electron chi connectivity index (χ4n) is 4.04. The summed E-state index contributed by atoms with van der Waals surface area (Å²) in [6.07, 6.45) is 3.24. The van der Waals surface area contributed by atoms with Crippen LogP contribution in [0.15, 0.2) is 57.3 Å². The van der Waals surface area contributed by atoms with Crippen molar-refractivity contribution in [2.45, 2.75) is 17.1 Å². The Morgan fingerprint density at radius 2 is 1.91 bits per heavy atom. The molecular formula is C22H20BrCl2N5O2S2. The van der Waals surface area contributed by atoms with Crippen molar-refractivity contribution in [3.8, 4) is 11.3 Å². The van der Waals surface area contributed by atoms with Crippen LogP contribution in [0.5, 0.6) is 0 Å². The van der Waals surface area contributed by atoms with Gasteiger partial charge < -0.3 is 5.32 Å². The minimum absolute atomic E-state index is 0.296. The van der Waals surface area contributed by atoms with Gasteiger partial charge in [-0.3, -0.25) is 0 Å². The number of hydrogen-bond donors (Lipinski definition) is 1. The number of nitrogens with one attached hydrogen (secondary N) is 1. The third-order valence-electron chi connectivity index (χ3n) is 5.87. The van der Waals surface area contributed by atoms with Gasteiger partial charge in [-0.15, -0.1) is 11.3 Å². The number of sulfonamides is 1. The van der Waals surface area contributed by atoms with Crippen molar-refractivity contribution < 1.29 is 8.42 Å². The molecule has 1 aliphatic rings. The first-order valence-electron chi connectivity index (χ1n) is 10.6. The van der Waals surface area contributed by atoms with Gasteiger partial charge >= 0.3 is 0 Å². The molecule has 3 aromatic heterocycles. The first-order valence-corrected chi connectivity index (χ1v) is 14.4. The third kappa shape index (κ3) is 4.72. The Kier molecular flexibility index (Phi) is 6.89. The van der Waals surface area contributed by atoms with E-state index in [1.54, 1.807) is 27.2 Å². The van der Waals surface area contributed by atoms with Crippen molar-refractivity contribution in [1.82, 2.24) is 18.9 Å². The van der Waals surface area contributed by atoms with E-state index in [0.29, 0.717) is 44.8 Å². The lowest BCUT2D eigenvalue weighted by Crippen LogP contribution is -2.39. The van der Waals surface area contributed by atoms with Gasteiger partial charge in [0.15, 0.2) is 5.65 Å². The summed E-state index contributed by atoms with van der Waals surface area (Å²) in [5.41, 5.74) is 2.28. The standard InChI is InChI=1S/C22H20BrCl2N5O2S2/c23-16-13-27-30-20(11-18(28-22(16)30)15-3-1-2-4-17(15)24)26-12-14-7-9-29(10-8-14)34(31,32)21-6-5-19(25)33-21/h1-6,11,13-14,26H,7-10,12H2. The van der Waals surface area contributed by atoms with Gasteiger partial charge in [0.1, 0.15) is 10.0 Å². The van der Waals surface area contributed by atoms with Crippen LogP contribution in [0.3, 0.4) is 0 Å². The fourth-order valence-corrected chi connectivity index (χ4v) is 7.72. The topological polar surface area (TPSA) is 79.6 Å². The molecule has 1 fully saturated rings. The van der Waals surface area contributed by atoms with Gasteiger partial charge in [0.25, 0.3) is 10.0 Å². The van der Waals surface area contributed by atoms with Crippen molar-refractivity contribution in [1.29, 1.82) is 0 Å². The van der Waals surface area contributed by atoms with E-state index in [1.807, 2.05) is 30.3 Å². The normalized spacial score (nSPS) is 15.7. The van der Waals surface area contributed by atoms with E-state index >= 15 is 0 Å². The first-order chi connectivity index (χ1) is 16.3. The highest BCUT2D eigenvalue weighted by molar-refractivity contribution is 9.10. The maximum Gasteiger partial charge on any atom is 0.252 e. The molecule has 1 aliphatic heterocycles. The van der Waals surface area contributed by atoms with Gasteiger partial charge in [0.2, 0.25) is 0 Å². The molecule has 4 aromatic rings. The largest absolute Gasteiger partial charge is 0.370 e. The molecule has 0 radical (unpaired) electrons. The Morgan fingerprint density at radius 3 is 2.62 bits per heavy atom. The van der Waals surface area contributed by atoms with Crippen LogP contribution in [0.4, 0.5) is 5.82 Å². The van der Waals surface area contributed by atoms with E-state index in [4.69, 9.17) is 28.2 Å². The Morgan fingerprint density at radius 1 is 1.15 bits per heavy atom. The number of rotatable bonds is 6. The number of anilines is 1. The monoisotopic (exact) mass is 599 g/mol. The molecule has 0 bridgehead atoms. The number of hydrogen-bond acceptors (Lipinski definition) is 6. The summed E-state index contributed by atoms with van der Waals surface area (Å²) in [5, 5.41) is 8.56. The SMILES string of the molecule is O=S(=O)(c1ccc(Cl)s1)N1CCC(CNc2cc(-c3ccccc3Cl)nc3c(Br)cnn23)CC1. The second kappa shape index (κ2) is 9.75. The van der Waals surface area contributed by atoms with Crippen LogP contribution in [-0.2, 0) is 10.0 Å². The predicted octanol–water partition coefficient (Wildman–Crippen LogP) is 6.04. The fraction of sp³-hybridized carbons (Fsp3) is 0.273. The molecule has 7 nitrogen and oxygen atoms in total. The van der Waals surface area contributed by atoms with E-state index in [-0.39, 0.29) is 0 Å². The Balaban J connectivity index is 1.31. The van der Waals surface area contributed by atoms with Crippen molar-refractivity contribution in [3.63, 3.8) is 0 Å². The van der Waals surface area contributed by atoms with E-state index < -0.39 is 10.0 Å². The highest BCUT2D eigenvalue weighted by atomic mass is 79.9. The zero-order chi connectivity index (χ0) is 23.9. The molecule has 5 rings (SSSR count). The summed E-state index contributed by atoms with van der Waals surface area (Å²) < 4.78 is 30.6. The molecule has 0 saturated carbocycles. The van der Waals surface area contributed by atoms with Crippen LogP contribution in [0.1, 0.15) is 12.8 Å². The Labute approximate surface area is 219 Å². The van der Waals surface area contributed by atoms with Gasteiger partial charge in [-0.05, 0) is 52.9 Å². The highest BCUT2D eigenvalue weighted by Crippen LogP contribution is 2.32. The molecule has 4 heterocycles. The zero-order valence-electron chi connectivity index (χ0n) is 17.8. The smallest absolute Gasteiger partial charge is 0.252 e. The molecule has 0 amide bonds. The number of thiophene rings is 1. The molecule has 0 atom stereocenters. The Bertz CT molecular complexity index is 1450. The van der Waals surface area contributed by atoms with Crippen molar-refractivity contribution in [3.05, 3.63) is 62.5 Å². The van der Waals surface area contributed by atoms with Crippen LogP contribution in [0.2, 0.25) is 9.36 Å². The molecular weight excluding hydrogens is 581 g/mol. The van der Waals surface area contributed by atoms with Crippen LogP contribution < -0.4 is 5.32 Å². The van der Waals surface area contributed by atoms with Gasteiger partial charge in [-0.25, -0.2) is 13.4 Å². The van der Waals surface area contributed by atoms with Gasteiger partial charge in [0.05, 0.1) is 20.7 Å². The maximum atomic E-state index is 12.9. The second-order valence-corrected chi connectivity index (χ2v) is 13.2. The van der Waals surface area contributed by atoms with E-state index in [9.17, 15) is 8.42 Å². The van der Waals surface area contributed by atoms with Crippen LogP contribution in [-0.4, -0.2) is 47.0 Å². The minimum Gasteiger partial charge on any atom is -0.370 e. The van der Waals surface area contributed by atoms with Crippen molar-refractivity contribution in [2.75, 3.05) is 25.0 Å². The van der Waals surface area contributed by atoms with Gasteiger partial charge in [-0.2, -0.15) is 13.9 Å². The van der Waals surface area contributed by atoms with E-state index in [2.05, 4.69) is 26.3 Å². The lowest BCUT2D eigenvalue weighted by Gasteiger charge is -2.31. The predicted molar refractivity (Wildman–Crippen MR) is 140 cm³/mol. The Hall–Kier alpha value is -1.69. The lowest BCUT2D eigenvalue weighted by atomic mass is 9.98. The van der Waals surface area contributed by atoms with Crippen LogP contribution in [0, 0.1) is 5.92 Å².